The minimum atomic E-state index is 0.0509. The predicted molar refractivity (Wildman–Crippen MR) is 35.1 cm³/mol. The van der Waals surface area contributed by atoms with Crippen LogP contribution in [0.3, 0.4) is 0 Å². The highest BCUT2D eigenvalue weighted by Crippen LogP contribution is 2.16. The SMILES string of the molecule is Cc1cnc(N)c(O)c1. The van der Waals surface area contributed by atoms with E-state index in [1.807, 2.05) is 6.92 Å². The number of pyridine rings is 1. The second kappa shape index (κ2) is 1.93. The molecule has 3 nitrogen and oxygen atoms in total. The molecule has 0 atom stereocenters. The molecule has 0 saturated heterocycles. The number of hydrogen-bond acceptors (Lipinski definition) is 3. The van der Waals surface area contributed by atoms with Crippen LogP contribution in [0, 0.1) is 6.92 Å². The third kappa shape index (κ3) is 1.10. The van der Waals surface area contributed by atoms with Crippen LogP contribution in [0.15, 0.2) is 12.3 Å². The quantitative estimate of drug-likeness (QED) is 0.534. The van der Waals surface area contributed by atoms with Crippen molar-refractivity contribution in [3.05, 3.63) is 17.8 Å². The number of nitrogens with zero attached hydrogens (tertiary/aromatic N) is 1. The fourth-order valence-electron chi connectivity index (χ4n) is 0.564. The molecule has 48 valence electrons. The lowest BCUT2D eigenvalue weighted by Gasteiger charge is -1.95. The molecular weight excluding hydrogens is 116 g/mol. The Morgan fingerprint density at radius 3 is 2.78 bits per heavy atom. The van der Waals surface area contributed by atoms with E-state index in [1.54, 1.807) is 12.3 Å². The summed E-state index contributed by atoms with van der Waals surface area (Å²) in [6, 6.07) is 1.57. The molecule has 1 aromatic rings. The molecule has 0 fully saturated rings. The van der Waals surface area contributed by atoms with Crippen molar-refractivity contribution in [2.24, 2.45) is 0 Å². The van der Waals surface area contributed by atoms with Crippen LogP contribution in [0.5, 0.6) is 5.75 Å². The minimum Gasteiger partial charge on any atom is -0.504 e. The summed E-state index contributed by atoms with van der Waals surface area (Å²) < 4.78 is 0. The van der Waals surface area contributed by atoms with Gasteiger partial charge in [-0.1, -0.05) is 0 Å². The van der Waals surface area contributed by atoms with Crippen molar-refractivity contribution in [1.82, 2.24) is 4.98 Å². The summed E-state index contributed by atoms with van der Waals surface area (Å²) in [7, 11) is 0. The van der Waals surface area contributed by atoms with Crippen LogP contribution in [-0.2, 0) is 0 Å². The van der Waals surface area contributed by atoms with E-state index in [0.29, 0.717) is 0 Å². The summed E-state index contributed by atoms with van der Waals surface area (Å²) >= 11 is 0. The van der Waals surface area contributed by atoms with Gasteiger partial charge in [-0.15, -0.1) is 0 Å². The maximum atomic E-state index is 8.91. The van der Waals surface area contributed by atoms with Gasteiger partial charge in [-0.3, -0.25) is 0 Å². The first-order valence-corrected chi connectivity index (χ1v) is 2.61. The van der Waals surface area contributed by atoms with E-state index in [4.69, 9.17) is 10.8 Å². The van der Waals surface area contributed by atoms with Gasteiger partial charge in [0.25, 0.3) is 0 Å². The van der Waals surface area contributed by atoms with Gasteiger partial charge in [-0.25, -0.2) is 4.98 Å². The Balaban J connectivity index is 3.17. The zero-order chi connectivity index (χ0) is 6.85. The molecule has 0 aliphatic rings. The molecule has 1 heterocycles. The van der Waals surface area contributed by atoms with Gasteiger partial charge in [0.1, 0.15) is 0 Å². The largest absolute Gasteiger partial charge is 0.504 e. The van der Waals surface area contributed by atoms with Crippen LogP contribution in [0.25, 0.3) is 0 Å². The van der Waals surface area contributed by atoms with Gasteiger partial charge in [0.15, 0.2) is 11.6 Å². The molecule has 3 N–H and O–H groups in total. The fraction of sp³-hybridized carbons (Fsp3) is 0.167. The average Bonchev–Trinajstić information content (AvgIpc) is 1.80. The molecule has 0 unspecified atom stereocenters. The predicted octanol–water partition coefficient (Wildman–Crippen LogP) is 0.678. The first-order chi connectivity index (χ1) is 4.20. The number of anilines is 1. The minimum absolute atomic E-state index is 0.0509. The topological polar surface area (TPSA) is 59.1 Å². The molecule has 1 aromatic heterocycles. The Morgan fingerprint density at radius 1 is 1.67 bits per heavy atom. The molecule has 0 amide bonds. The zero-order valence-corrected chi connectivity index (χ0v) is 5.13. The van der Waals surface area contributed by atoms with Gasteiger partial charge in [-0.2, -0.15) is 0 Å². The summed E-state index contributed by atoms with van der Waals surface area (Å²) in [5.41, 5.74) is 6.13. The Labute approximate surface area is 53.2 Å². The van der Waals surface area contributed by atoms with Crippen molar-refractivity contribution >= 4 is 5.82 Å². The van der Waals surface area contributed by atoms with E-state index in [9.17, 15) is 0 Å². The summed E-state index contributed by atoms with van der Waals surface area (Å²) in [5.74, 6) is 0.232. The number of aryl methyl sites for hydroxylation is 1. The van der Waals surface area contributed by atoms with Gasteiger partial charge in [0, 0.05) is 6.20 Å². The van der Waals surface area contributed by atoms with Crippen LogP contribution in [0.2, 0.25) is 0 Å². The number of nitrogen functional groups attached to an aromatic ring is 1. The molecule has 0 bridgehead atoms. The molecular formula is C6H8N2O. The highest BCUT2D eigenvalue weighted by Gasteiger charge is 1.94. The number of aromatic hydroxyl groups is 1. The van der Waals surface area contributed by atoms with Gasteiger partial charge in [-0.05, 0) is 18.6 Å². The molecule has 0 spiro atoms. The van der Waals surface area contributed by atoms with Crippen molar-refractivity contribution in [3.8, 4) is 5.75 Å². The third-order valence-corrected chi connectivity index (χ3v) is 1.03. The standard InChI is InChI=1S/C6H8N2O/c1-4-2-5(9)6(7)8-3-4/h2-3,9H,1H3,(H2,7,8). The lowest BCUT2D eigenvalue weighted by molar-refractivity contribution is 0.475. The highest BCUT2D eigenvalue weighted by molar-refractivity contribution is 5.45. The number of nitrogens with two attached hydrogens (primary N) is 1. The first-order valence-electron chi connectivity index (χ1n) is 2.61. The van der Waals surface area contributed by atoms with Crippen LogP contribution >= 0.6 is 0 Å². The van der Waals surface area contributed by atoms with Crippen molar-refractivity contribution < 1.29 is 5.11 Å². The smallest absolute Gasteiger partial charge is 0.165 e. The maximum absolute atomic E-state index is 8.91. The van der Waals surface area contributed by atoms with Crippen molar-refractivity contribution in [1.29, 1.82) is 0 Å². The van der Waals surface area contributed by atoms with Crippen LogP contribution in [0.4, 0.5) is 5.82 Å². The Bertz CT molecular complexity index is 222. The Hall–Kier alpha value is -1.25. The normalized spacial score (nSPS) is 9.44. The number of rotatable bonds is 0. The molecule has 0 radical (unpaired) electrons. The Morgan fingerprint density at radius 2 is 2.33 bits per heavy atom. The van der Waals surface area contributed by atoms with E-state index in [-0.39, 0.29) is 11.6 Å². The van der Waals surface area contributed by atoms with Crippen molar-refractivity contribution in [2.45, 2.75) is 6.92 Å². The van der Waals surface area contributed by atoms with Gasteiger partial charge in [0.05, 0.1) is 0 Å². The average molecular weight is 124 g/mol. The molecule has 1 rings (SSSR count). The van der Waals surface area contributed by atoms with Crippen molar-refractivity contribution in [2.75, 3.05) is 5.73 Å². The highest BCUT2D eigenvalue weighted by atomic mass is 16.3. The summed E-state index contributed by atoms with van der Waals surface area (Å²) in [5, 5.41) is 8.91. The van der Waals surface area contributed by atoms with Crippen LogP contribution in [-0.4, -0.2) is 10.1 Å². The molecule has 0 aliphatic heterocycles. The van der Waals surface area contributed by atoms with E-state index in [0.717, 1.165) is 5.56 Å². The molecule has 0 aromatic carbocycles. The summed E-state index contributed by atoms with van der Waals surface area (Å²) in [6.07, 6.45) is 1.61. The number of aromatic nitrogens is 1. The maximum Gasteiger partial charge on any atom is 0.165 e. The lowest BCUT2D eigenvalue weighted by Crippen LogP contribution is -1.89. The molecule has 0 saturated carbocycles. The summed E-state index contributed by atoms with van der Waals surface area (Å²) in [4.78, 5) is 3.71. The van der Waals surface area contributed by atoms with Gasteiger partial charge < -0.3 is 10.8 Å². The van der Waals surface area contributed by atoms with E-state index >= 15 is 0 Å². The molecule has 3 heteroatoms. The van der Waals surface area contributed by atoms with E-state index < -0.39 is 0 Å². The number of hydrogen-bond donors (Lipinski definition) is 2. The third-order valence-electron chi connectivity index (χ3n) is 1.03. The van der Waals surface area contributed by atoms with E-state index in [1.165, 1.54) is 0 Å². The van der Waals surface area contributed by atoms with Crippen LogP contribution in [0.1, 0.15) is 5.56 Å². The second-order valence-electron chi connectivity index (χ2n) is 1.92. The van der Waals surface area contributed by atoms with Gasteiger partial charge in [0.2, 0.25) is 0 Å². The Kier molecular flexibility index (Phi) is 1.26. The summed E-state index contributed by atoms with van der Waals surface area (Å²) in [6.45, 7) is 1.84. The van der Waals surface area contributed by atoms with Crippen molar-refractivity contribution in [3.63, 3.8) is 0 Å². The van der Waals surface area contributed by atoms with E-state index in [2.05, 4.69) is 4.98 Å². The lowest BCUT2D eigenvalue weighted by atomic mass is 10.3. The molecule has 0 aliphatic carbocycles. The second-order valence-corrected chi connectivity index (χ2v) is 1.92. The molecule has 9 heavy (non-hydrogen) atoms. The van der Waals surface area contributed by atoms with Gasteiger partial charge >= 0.3 is 0 Å². The first kappa shape index (κ1) is 5.88. The monoisotopic (exact) mass is 124 g/mol. The fourth-order valence-corrected chi connectivity index (χ4v) is 0.564. The van der Waals surface area contributed by atoms with Crippen LogP contribution < -0.4 is 5.73 Å². The zero-order valence-electron chi connectivity index (χ0n) is 5.13.